The molecule has 1 saturated carbocycles. The molecule has 1 aliphatic rings. The molecule has 0 aromatic heterocycles. The zero-order valence-corrected chi connectivity index (χ0v) is 10.5. The van der Waals surface area contributed by atoms with E-state index in [1.54, 1.807) is 7.11 Å². The van der Waals surface area contributed by atoms with Crippen LogP contribution in [0.5, 0.6) is 5.75 Å². The van der Waals surface area contributed by atoms with E-state index in [0.29, 0.717) is 12.0 Å². The van der Waals surface area contributed by atoms with Gasteiger partial charge in [0.05, 0.1) is 7.11 Å². The predicted molar refractivity (Wildman–Crippen MR) is 65.1 cm³/mol. The number of rotatable bonds is 3. The molecule has 1 fully saturated rings. The third-order valence-corrected chi connectivity index (χ3v) is 3.69. The van der Waals surface area contributed by atoms with E-state index < -0.39 is 0 Å². The molecule has 3 heteroatoms. The number of halogens is 1. The van der Waals surface area contributed by atoms with Crippen LogP contribution in [0, 0.1) is 5.92 Å². The van der Waals surface area contributed by atoms with Gasteiger partial charge in [-0.2, -0.15) is 0 Å². The highest BCUT2D eigenvalue weighted by atomic mass is 79.9. The van der Waals surface area contributed by atoms with Crippen LogP contribution in [0.3, 0.4) is 0 Å². The van der Waals surface area contributed by atoms with Gasteiger partial charge in [-0.25, -0.2) is 0 Å². The quantitative estimate of drug-likeness (QED) is 0.916. The van der Waals surface area contributed by atoms with Crippen LogP contribution in [-0.2, 0) is 6.42 Å². The first-order chi connectivity index (χ1) is 7.20. The maximum atomic E-state index is 5.95. The van der Waals surface area contributed by atoms with Gasteiger partial charge in [0, 0.05) is 10.5 Å². The Morgan fingerprint density at radius 1 is 1.47 bits per heavy atom. The molecule has 1 aromatic rings. The van der Waals surface area contributed by atoms with Gasteiger partial charge in [-0.15, -0.1) is 0 Å². The fourth-order valence-electron chi connectivity index (χ4n) is 2.04. The summed E-state index contributed by atoms with van der Waals surface area (Å²) in [6.07, 6.45) is 3.45. The second kappa shape index (κ2) is 4.54. The van der Waals surface area contributed by atoms with Crippen molar-refractivity contribution in [3.63, 3.8) is 0 Å². The summed E-state index contributed by atoms with van der Waals surface area (Å²) in [5.41, 5.74) is 7.20. The van der Waals surface area contributed by atoms with Gasteiger partial charge >= 0.3 is 0 Å². The van der Waals surface area contributed by atoms with Gasteiger partial charge < -0.3 is 10.5 Å². The van der Waals surface area contributed by atoms with Crippen LogP contribution in [0.4, 0.5) is 0 Å². The van der Waals surface area contributed by atoms with Crippen molar-refractivity contribution >= 4 is 15.9 Å². The van der Waals surface area contributed by atoms with E-state index in [9.17, 15) is 0 Å². The standard InChI is InChI=1S/C12H16BrNO/c1-15-12-5-3-10(13)7-9(12)6-8-2-4-11(8)14/h3,5,7-8,11H,2,4,6,14H2,1H3. The molecule has 0 radical (unpaired) electrons. The summed E-state index contributed by atoms with van der Waals surface area (Å²) in [6, 6.07) is 6.52. The van der Waals surface area contributed by atoms with Crippen molar-refractivity contribution in [1.29, 1.82) is 0 Å². The van der Waals surface area contributed by atoms with Gasteiger partial charge in [-0.05, 0) is 48.9 Å². The maximum absolute atomic E-state index is 5.95. The van der Waals surface area contributed by atoms with Gasteiger partial charge in [0.2, 0.25) is 0 Å². The Morgan fingerprint density at radius 2 is 2.27 bits per heavy atom. The van der Waals surface area contributed by atoms with E-state index in [-0.39, 0.29) is 0 Å². The average molecular weight is 270 g/mol. The Morgan fingerprint density at radius 3 is 2.80 bits per heavy atom. The lowest BCUT2D eigenvalue weighted by molar-refractivity contribution is 0.253. The molecule has 2 nitrogen and oxygen atoms in total. The predicted octanol–water partition coefficient (Wildman–Crippen LogP) is 2.74. The number of nitrogens with two attached hydrogens (primary N) is 1. The molecule has 0 bridgehead atoms. The zero-order chi connectivity index (χ0) is 10.8. The van der Waals surface area contributed by atoms with E-state index >= 15 is 0 Å². The number of ether oxygens (including phenoxy) is 1. The van der Waals surface area contributed by atoms with E-state index in [1.165, 1.54) is 18.4 Å². The summed E-state index contributed by atoms with van der Waals surface area (Å²) in [6.45, 7) is 0. The van der Waals surface area contributed by atoms with E-state index in [1.807, 2.05) is 12.1 Å². The number of benzene rings is 1. The Kier molecular flexibility index (Phi) is 3.32. The Hall–Kier alpha value is -0.540. The normalized spacial score (nSPS) is 24.7. The Balaban J connectivity index is 2.14. The lowest BCUT2D eigenvalue weighted by Gasteiger charge is -2.34. The smallest absolute Gasteiger partial charge is 0.122 e. The summed E-state index contributed by atoms with van der Waals surface area (Å²) in [5, 5.41) is 0. The fraction of sp³-hybridized carbons (Fsp3) is 0.500. The van der Waals surface area contributed by atoms with E-state index in [4.69, 9.17) is 10.5 Å². The molecule has 0 amide bonds. The van der Waals surface area contributed by atoms with Gasteiger partial charge in [0.25, 0.3) is 0 Å². The second-order valence-corrected chi connectivity index (χ2v) is 5.08. The first-order valence-electron chi connectivity index (χ1n) is 5.28. The van der Waals surface area contributed by atoms with E-state index in [0.717, 1.165) is 16.6 Å². The van der Waals surface area contributed by atoms with Crippen molar-refractivity contribution in [1.82, 2.24) is 0 Å². The average Bonchev–Trinajstić information content (AvgIpc) is 2.24. The van der Waals surface area contributed by atoms with Crippen molar-refractivity contribution in [2.75, 3.05) is 7.11 Å². The minimum atomic E-state index is 0.383. The summed E-state index contributed by atoms with van der Waals surface area (Å²) in [4.78, 5) is 0. The van der Waals surface area contributed by atoms with Crippen molar-refractivity contribution in [2.24, 2.45) is 11.7 Å². The lowest BCUT2D eigenvalue weighted by Crippen LogP contribution is -2.40. The van der Waals surface area contributed by atoms with Crippen LogP contribution in [0.25, 0.3) is 0 Å². The van der Waals surface area contributed by atoms with Gasteiger partial charge in [0.1, 0.15) is 5.75 Å². The minimum absolute atomic E-state index is 0.383. The molecule has 15 heavy (non-hydrogen) atoms. The van der Waals surface area contributed by atoms with Crippen LogP contribution in [0.15, 0.2) is 22.7 Å². The first kappa shape index (κ1) is 11.0. The lowest BCUT2D eigenvalue weighted by atomic mass is 9.76. The number of hydrogen-bond donors (Lipinski definition) is 1. The van der Waals surface area contributed by atoms with Crippen LogP contribution >= 0.6 is 15.9 Å². The highest BCUT2D eigenvalue weighted by molar-refractivity contribution is 9.10. The van der Waals surface area contributed by atoms with Crippen LogP contribution < -0.4 is 10.5 Å². The highest BCUT2D eigenvalue weighted by Gasteiger charge is 2.28. The topological polar surface area (TPSA) is 35.2 Å². The third-order valence-electron chi connectivity index (χ3n) is 3.20. The molecule has 1 aliphatic carbocycles. The molecule has 0 heterocycles. The Bertz CT molecular complexity index is 353. The molecule has 0 saturated heterocycles. The van der Waals surface area contributed by atoms with Crippen molar-refractivity contribution in [3.8, 4) is 5.75 Å². The summed E-state index contributed by atoms with van der Waals surface area (Å²) in [5.74, 6) is 1.60. The molecule has 82 valence electrons. The van der Waals surface area contributed by atoms with Gasteiger partial charge in [0.15, 0.2) is 0 Å². The van der Waals surface area contributed by atoms with Crippen molar-refractivity contribution in [2.45, 2.75) is 25.3 Å². The van der Waals surface area contributed by atoms with Crippen LogP contribution in [-0.4, -0.2) is 13.2 Å². The maximum Gasteiger partial charge on any atom is 0.122 e. The van der Waals surface area contributed by atoms with Crippen LogP contribution in [0.2, 0.25) is 0 Å². The molecule has 2 rings (SSSR count). The summed E-state index contributed by atoms with van der Waals surface area (Å²) < 4.78 is 6.45. The molecule has 0 spiro atoms. The second-order valence-electron chi connectivity index (χ2n) is 4.16. The minimum Gasteiger partial charge on any atom is -0.496 e. The largest absolute Gasteiger partial charge is 0.496 e. The summed E-state index contributed by atoms with van der Waals surface area (Å²) >= 11 is 3.48. The molecule has 0 aliphatic heterocycles. The molecule has 2 atom stereocenters. The monoisotopic (exact) mass is 269 g/mol. The molecular formula is C12H16BrNO. The van der Waals surface area contributed by atoms with Gasteiger partial charge in [-0.1, -0.05) is 15.9 Å². The number of methoxy groups -OCH3 is 1. The fourth-order valence-corrected chi connectivity index (χ4v) is 2.45. The molecule has 1 aromatic carbocycles. The third kappa shape index (κ3) is 2.34. The van der Waals surface area contributed by atoms with E-state index in [2.05, 4.69) is 22.0 Å². The zero-order valence-electron chi connectivity index (χ0n) is 8.87. The first-order valence-corrected chi connectivity index (χ1v) is 6.08. The van der Waals surface area contributed by atoms with Gasteiger partial charge in [-0.3, -0.25) is 0 Å². The molecule has 2 unspecified atom stereocenters. The molecule has 2 N–H and O–H groups in total. The SMILES string of the molecule is COc1ccc(Br)cc1CC1CCC1N. The molecular weight excluding hydrogens is 254 g/mol. The number of hydrogen-bond acceptors (Lipinski definition) is 2. The summed E-state index contributed by atoms with van der Waals surface area (Å²) in [7, 11) is 1.72. The van der Waals surface area contributed by atoms with Crippen molar-refractivity contribution in [3.05, 3.63) is 28.2 Å². The van der Waals surface area contributed by atoms with Crippen LogP contribution in [0.1, 0.15) is 18.4 Å². The van der Waals surface area contributed by atoms with Crippen molar-refractivity contribution < 1.29 is 4.74 Å². The highest BCUT2D eigenvalue weighted by Crippen LogP contribution is 2.33. The Labute approximate surface area is 98.9 Å².